The first-order chi connectivity index (χ1) is 14.7. The van der Waals surface area contributed by atoms with Crippen LogP contribution in [0.25, 0.3) is 0 Å². The zero-order valence-electron chi connectivity index (χ0n) is 16.6. The van der Waals surface area contributed by atoms with Crippen LogP contribution in [0.4, 0.5) is 13.2 Å². The van der Waals surface area contributed by atoms with Gasteiger partial charge in [-0.3, -0.25) is 9.69 Å². The number of hydrogen-bond donors (Lipinski definition) is 1. The van der Waals surface area contributed by atoms with Gasteiger partial charge in [-0.15, -0.1) is 0 Å². The maximum atomic E-state index is 12.9. The molecule has 1 aliphatic heterocycles. The van der Waals surface area contributed by atoms with Crippen molar-refractivity contribution in [2.24, 2.45) is 0 Å². The molecule has 1 heterocycles. The highest BCUT2D eigenvalue weighted by Gasteiger charge is 2.32. The van der Waals surface area contributed by atoms with Crippen LogP contribution >= 0.6 is 0 Å². The quantitative estimate of drug-likeness (QED) is 0.649. The average Bonchev–Trinajstić information content (AvgIpc) is 2.73. The Kier molecular flexibility index (Phi) is 7.22. The maximum absolute atomic E-state index is 12.9. The molecular weight excluding hydrogens is 433 g/mol. The van der Waals surface area contributed by atoms with Gasteiger partial charge in [-0.25, -0.2) is 8.42 Å². The molecule has 10 heteroatoms. The largest absolute Gasteiger partial charge is 0.492 e. The van der Waals surface area contributed by atoms with Gasteiger partial charge in [0.15, 0.2) is 9.84 Å². The van der Waals surface area contributed by atoms with Crippen molar-refractivity contribution in [3.63, 3.8) is 0 Å². The fraction of sp³-hybridized carbons (Fsp3) is 0.381. The Morgan fingerprint density at radius 1 is 1.03 bits per heavy atom. The van der Waals surface area contributed by atoms with Crippen molar-refractivity contribution in [3.8, 4) is 5.75 Å². The average molecular weight is 456 g/mol. The SMILES string of the molecule is O=C(NCCOc1ccc(C(F)(F)F)cc1)C(c1ccccc1)N1CCS(=O)(=O)CC1. The van der Waals surface area contributed by atoms with Crippen molar-refractivity contribution in [2.75, 3.05) is 37.7 Å². The topological polar surface area (TPSA) is 75.7 Å². The summed E-state index contributed by atoms with van der Waals surface area (Å²) in [5.74, 6) is -0.0222. The van der Waals surface area contributed by atoms with Crippen molar-refractivity contribution in [3.05, 3.63) is 65.7 Å². The Balaban J connectivity index is 1.57. The second-order valence-electron chi connectivity index (χ2n) is 7.16. The number of nitrogens with one attached hydrogen (secondary N) is 1. The van der Waals surface area contributed by atoms with E-state index in [4.69, 9.17) is 4.74 Å². The smallest absolute Gasteiger partial charge is 0.416 e. The van der Waals surface area contributed by atoms with E-state index in [-0.39, 0.29) is 49.4 Å². The molecule has 0 aromatic heterocycles. The molecule has 2 aromatic rings. The lowest BCUT2D eigenvalue weighted by Gasteiger charge is -2.33. The van der Waals surface area contributed by atoms with Gasteiger partial charge in [-0.2, -0.15) is 13.2 Å². The van der Waals surface area contributed by atoms with Gasteiger partial charge >= 0.3 is 6.18 Å². The number of carbonyl (C=O) groups is 1. The molecule has 1 fully saturated rings. The van der Waals surface area contributed by atoms with E-state index in [0.29, 0.717) is 0 Å². The van der Waals surface area contributed by atoms with E-state index in [0.717, 1.165) is 17.7 Å². The molecule has 0 bridgehead atoms. The first-order valence-electron chi connectivity index (χ1n) is 9.73. The Morgan fingerprint density at radius 3 is 2.23 bits per heavy atom. The summed E-state index contributed by atoms with van der Waals surface area (Å²) in [6.45, 7) is 0.747. The van der Waals surface area contributed by atoms with Crippen molar-refractivity contribution in [2.45, 2.75) is 12.2 Å². The van der Waals surface area contributed by atoms with Gasteiger partial charge in [0, 0.05) is 13.1 Å². The molecular formula is C21H23F3N2O4S. The maximum Gasteiger partial charge on any atom is 0.416 e. The number of hydrogen-bond acceptors (Lipinski definition) is 5. The van der Waals surface area contributed by atoms with E-state index in [1.807, 2.05) is 35.2 Å². The third kappa shape index (κ3) is 6.44. The van der Waals surface area contributed by atoms with Crippen LogP contribution in [0.1, 0.15) is 17.2 Å². The normalized spacial score (nSPS) is 17.6. The van der Waals surface area contributed by atoms with E-state index >= 15 is 0 Å². The minimum Gasteiger partial charge on any atom is -0.492 e. The second kappa shape index (κ2) is 9.69. The zero-order valence-corrected chi connectivity index (χ0v) is 17.5. The molecule has 0 aliphatic carbocycles. The van der Waals surface area contributed by atoms with E-state index in [9.17, 15) is 26.4 Å². The fourth-order valence-electron chi connectivity index (χ4n) is 3.33. The molecule has 0 saturated carbocycles. The van der Waals surface area contributed by atoms with Crippen LogP contribution in [0.5, 0.6) is 5.75 Å². The summed E-state index contributed by atoms with van der Waals surface area (Å²) in [4.78, 5) is 14.7. The Bertz CT molecular complexity index is 966. The molecule has 168 valence electrons. The van der Waals surface area contributed by atoms with E-state index in [1.165, 1.54) is 12.1 Å². The molecule has 0 radical (unpaired) electrons. The van der Waals surface area contributed by atoms with E-state index < -0.39 is 27.6 Å². The number of carbonyl (C=O) groups excluding carboxylic acids is 1. The van der Waals surface area contributed by atoms with Crippen molar-refractivity contribution in [1.82, 2.24) is 10.2 Å². The zero-order chi connectivity index (χ0) is 22.5. The van der Waals surface area contributed by atoms with Gasteiger partial charge in [0.25, 0.3) is 0 Å². The monoisotopic (exact) mass is 456 g/mol. The summed E-state index contributed by atoms with van der Waals surface area (Å²) in [5.41, 5.74) is -0.00893. The molecule has 1 unspecified atom stereocenters. The molecule has 31 heavy (non-hydrogen) atoms. The first kappa shape index (κ1) is 23.1. The predicted octanol–water partition coefficient (Wildman–Crippen LogP) is 2.67. The minimum atomic E-state index is -4.41. The molecule has 2 aromatic carbocycles. The Labute approximate surface area is 178 Å². The van der Waals surface area contributed by atoms with Crippen LogP contribution in [0.15, 0.2) is 54.6 Å². The van der Waals surface area contributed by atoms with Crippen LogP contribution in [0.3, 0.4) is 0 Å². The molecule has 3 rings (SSSR count). The third-order valence-corrected chi connectivity index (χ3v) is 6.57. The van der Waals surface area contributed by atoms with Gasteiger partial charge in [0.05, 0.1) is 23.6 Å². The number of rotatable bonds is 7. The molecule has 6 nitrogen and oxygen atoms in total. The molecule has 1 amide bonds. The number of alkyl halides is 3. The number of halogens is 3. The van der Waals surface area contributed by atoms with Gasteiger partial charge in [0.1, 0.15) is 18.4 Å². The fourth-order valence-corrected chi connectivity index (χ4v) is 4.56. The first-order valence-corrected chi connectivity index (χ1v) is 11.5. The predicted molar refractivity (Wildman–Crippen MR) is 109 cm³/mol. The highest BCUT2D eigenvalue weighted by molar-refractivity contribution is 7.91. The number of nitrogens with zero attached hydrogens (tertiary/aromatic N) is 1. The van der Waals surface area contributed by atoms with Crippen molar-refractivity contribution in [1.29, 1.82) is 0 Å². The lowest BCUT2D eigenvalue weighted by Crippen LogP contribution is -2.48. The number of sulfone groups is 1. The van der Waals surface area contributed by atoms with Crippen LogP contribution in [0, 0.1) is 0 Å². The highest BCUT2D eigenvalue weighted by atomic mass is 32.2. The van der Waals surface area contributed by atoms with Crippen LogP contribution in [-0.2, 0) is 20.8 Å². The van der Waals surface area contributed by atoms with Gasteiger partial charge in [-0.1, -0.05) is 30.3 Å². The lowest BCUT2D eigenvalue weighted by molar-refractivity contribution is -0.137. The molecule has 0 spiro atoms. The van der Waals surface area contributed by atoms with Gasteiger partial charge in [-0.05, 0) is 29.8 Å². The minimum absolute atomic E-state index is 0.000641. The van der Waals surface area contributed by atoms with Crippen LogP contribution < -0.4 is 10.1 Å². The standard InChI is InChI=1S/C21H23F3N2O4S/c22-21(23,24)17-6-8-18(9-7-17)30-13-10-25-20(27)19(16-4-2-1-3-5-16)26-11-14-31(28,29)15-12-26/h1-9,19H,10-15H2,(H,25,27). The summed E-state index contributed by atoms with van der Waals surface area (Å²) >= 11 is 0. The van der Waals surface area contributed by atoms with Crippen LogP contribution in [-0.4, -0.2) is 57.0 Å². The number of benzene rings is 2. The van der Waals surface area contributed by atoms with Crippen molar-refractivity contribution < 1.29 is 31.1 Å². The third-order valence-electron chi connectivity index (χ3n) is 4.96. The molecule has 1 aliphatic rings. The summed E-state index contributed by atoms with van der Waals surface area (Å²) in [6, 6.07) is 12.8. The lowest BCUT2D eigenvalue weighted by atomic mass is 10.0. The summed E-state index contributed by atoms with van der Waals surface area (Å²) in [5, 5.41) is 2.77. The van der Waals surface area contributed by atoms with Crippen LogP contribution in [0.2, 0.25) is 0 Å². The van der Waals surface area contributed by atoms with Crippen molar-refractivity contribution >= 4 is 15.7 Å². The summed E-state index contributed by atoms with van der Waals surface area (Å²) in [6.07, 6.45) is -4.41. The highest BCUT2D eigenvalue weighted by Crippen LogP contribution is 2.30. The van der Waals surface area contributed by atoms with Gasteiger partial charge in [0.2, 0.25) is 5.91 Å². The Hall–Kier alpha value is -2.59. The molecule has 1 N–H and O–H groups in total. The molecule has 1 atom stereocenters. The second-order valence-corrected chi connectivity index (χ2v) is 9.47. The number of amides is 1. The number of ether oxygens (including phenoxy) is 1. The van der Waals surface area contributed by atoms with Gasteiger partial charge < -0.3 is 10.1 Å². The molecule has 1 saturated heterocycles. The summed E-state index contributed by atoms with van der Waals surface area (Å²) < 4.78 is 66.7. The van der Waals surface area contributed by atoms with E-state index in [1.54, 1.807) is 0 Å². The van der Waals surface area contributed by atoms with E-state index in [2.05, 4.69) is 5.32 Å². The Morgan fingerprint density at radius 2 is 1.65 bits per heavy atom. The summed E-state index contributed by atoms with van der Waals surface area (Å²) in [7, 11) is -3.08.